The van der Waals surface area contributed by atoms with E-state index in [1.165, 1.54) is 133 Å². The van der Waals surface area contributed by atoms with Crippen LogP contribution in [0.25, 0.3) is 0 Å². The highest BCUT2D eigenvalue weighted by Crippen LogP contribution is 2.80. The number of phenols is 1. The Labute approximate surface area is 509 Å². The first-order valence-electron chi connectivity index (χ1n) is 34.6. The normalized spacial score (nSPS) is 43.1. The highest BCUT2D eigenvalue weighted by molar-refractivity contribution is 8.77. The Balaban J connectivity index is 0.817. The zero-order valence-corrected chi connectivity index (χ0v) is 52.3. The minimum Gasteiger partial charge on any atom is -0.504 e. The van der Waals surface area contributed by atoms with Crippen LogP contribution in [0.4, 0.5) is 0 Å². The van der Waals surface area contributed by atoms with Gasteiger partial charge in [0.25, 0.3) is 0 Å². The van der Waals surface area contributed by atoms with Crippen molar-refractivity contribution in [3.8, 4) is 11.5 Å². The Morgan fingerprint density at radius 1 is 0.786 bits per heavy atom. The molecule has 20 rings (SSSR count). The van der Waals surface area contributed by atoms with E-state index in [4.69, 9.17) is 20.2 Å². The maximum atomic E-state index is 15.1. The first-order valence-corrected chi connectivity index (χ1v) is 36.9. The summed E-state index contributed by atoms with van der Waals surface area (Å²) in [5, 5.41) is 30.3. The minimum absolute atomic E-state index is 0.0117. The van der Waals surface area contributed by atoms with Crippen molar-refractivity contribution in [2.75, 3.05) is 18.8 Å². The zero-order valence-electron chi connectivity index (χ0n) is 50.7. The molecule has 5 N–H and O–H groups in total. The van der Waals surface area contributed by atoms with Gasteiger partial charge in [-0.3, -0.25) is 14.6 Å². The lowest BCUT2D eigenvalue weighted by Crippen LogP contribution is -2.59. The van der Waals surface area contributed by atoms with Crippen molar-refractivity contribution >= 4 is 39.4 Å². The molecule has 0 aromatic heterocycles. The number of nitrogens with zero attached hydrogens (tertiary/aromatic N) is 2. The van der Waals surface area contributed by atoms with Crippen LogP contribution in [0.5, 0.6) is 11.5 Å². The van der Waals surface area contributed by atoms with Crippen molar-refractivity contribution in [3.05, 3.63) is 70.8 Å². The number of rotatable bonds is 2. The fraction of sp³-hybridized carbons (Fsp3) is 0.764. The van der Waals surface area contributed by atoms with Crippen LogP contribution in [0.15, 0.2) is 53.5 Å². The summed E-state index contributed by atoms with van der Waals surface area (Å²) in [6, 6.07) is 13.2. The Hall–Kier alpha value is -3.35. The molecular weight excluding hydrogens is 1080 g/mol. The number of aliphatic hydroxyl groups excluding tert-OH is 1. The number of fused-ring (bicyclic) bond motifs is 1. The first kappa shape index (κ1) is 55.9. The Morgan fingerprint density at radius 3 is 2.32 bits per heavy atom. The Bertz CT molecular complexity index is 2960. The number of esters is 1. The molecule has 0 unspecified atom stereocenters. The smallest absolute Gasteiger partial charge is 0.303 e. The molecule has 1 amide bonds. The van der Waals surface area contributed by atoms with Crippen LogP contribution in [0.3, 0.4) is 0 Å². The van der Waals surface area contributed by atoms with Gasteiger partial charge in [-0.25, -0.2) is 0 Å². The lowest BCUT2D eigenvalue weighted by atomic mass is 9.44. The molecule has 12 heteroatoms. The van der Waals surface area contributed by atoms with Crippen LogP contribution in [0, 0.1) is 68.5 Å². The third-order valence-electron chi connectivity index (χ3n) is 28.6. The van der Waals surface area contributed by atoms with E-state index in [0.29, 0.717) is 79.2 Å². The molecule has 10 nitrogen and oxygen atoms in total. The number of guanidine groups is 1. The molecule has 84 heavy (non-hydrogen) atoms. The molecule has 0 radical (unpaired) electrons. The number of aliphatic imine (C=N–C) groups is 1. The standard InChI is InChI=1S/C72H98N4O6S2/c1-46(77)81-70-39-50-16-18-54(70)37-51-35-52(62(80)63-61(51)48-22-32-69(82-63)28-11-15-53(69)36-48)43-76-45-67(41-59(76)79)55(20-21-57(67)47-13-3-2-4-14-47)42-74-64(73)75-72(31-12-27-66(72)25-7-8-26-66)84-83-44-56-19-17-49(60(50)58(78)40-70)38-68(56)34-33-65(23-5-6-24-65)71(68)29-9-10-30-71/h2-4,13-14,22,32,35,48-50,53-58,60,78,80H,5-12,15-21,23-31,33-34,36-45H2,1H3,(H3,73,74,75)/t48-,49+,50+,53-,54-,55+,56-,57+,58-,60-,67-,68-,69+,70+,72-/m1/s1. The average Bonchev–Trinajstić information content (AvgIpc) is 1.94. The molecule has 10 saturated carbocycles. The number of amides is 1. The number of ether oxygens (including phenoxy) is 2. The number of hydrogen-bond acceptors (Lipinski definition) is 11. The monoisotopic (exact) mass is 1180 g/mol. The van der Waals surface area contributed by atoms with E-state index in [0.717, 1.165) is 80.9 Å². The van der Waals surface area contributed by atoms with E-state index in [1.807, 2.05) is 0 Å². The second-order valence-electron chi connectivity index (χ2n) is 31.5. The molecule has 7 heterocycles. The van der Waals surface area contributed by atoms with Gasteiger partial charge < -0.3 is 35.6 Å². The quantitative estimate of drug-likeness (QED) is 0.130. The average molecular weight is 1180 g/mol. The Kier molecular flexibility index (Phi) is 13.7. The van der Waals surface area contributed by atoms with Crippen LogP contribution in [0.2, 0.25) is 0 Å². The van der Waals surface area contributed by atoms with Gasteiger partial charge in [0.1, 0.15) is 16.1 Å². The second kappa shape index (κ2) is 20.6. The highest BCUT2D eigenvalue weighted by atomic mass is 33.1. The van der Waals surface area contributed by atoms with Crippen LogP contribution < -0.4 is 15.8 Å². The number of nitrogens with one attached hydrogen (secondary N) is 1. The number of carbonyl (C=O) groups is 2. The van der Waals surface area contributed by atoms with Gasteiger partial charge in [0.2, 0.25) is 5.91 Å². The number of carbonyl (C=O) groups excluding carboxylic acids is 2. The number of aromatic hydroxyl groups is 1. The van der Waals surface area contributed by atoms with Crippen molar-refractivity contribution in [3.63, 3.8) is 0 Å². The molecule has 1 saturated heterocycles. The van der Waals surface area contributed by atoms with Crippen LogP contribution >= 0.6 is 21.6 Å². The van der Waals surface area contributed by atoms with Crippen molar-refractivity contribution < 1.29 is 29.3 Å². The summed E-state index contributed by atoms with van der Waals surface area (Å²) in [5.74, 6) is 4.84. The second-order valence-corrected chi connectivity index (χ2v) is 34.2. The predicted molar refractivity (Wildman–Crippen MR) is 334 cm³/mol. The number of aliphatic hydroxyl groups is 1. The summed E-state index contributed by atoms with van der Waals surface area (Å²) < 4.78 is 14.2. The minimum atomic E-state index is -0.792. The fourth-order valence-corrected chi connectivity index (χ4v) is 29.3. The molecule has 7 spiro atoms. The molecule has 11 fully saturated rings. The molecule has 12 bridgehead atoms. The molecule has 18 aliphatic rings. The molecule has 7 aliphatic heterocycles. The van der Waals surface area contributed by atoms with Gasteiger partial charge in [-0.1, -0.05) is 96.5 Å². The maximum Gasteiger partial charge on any atom is 0.303 e. The van der Waals surface area contributed by atoms with Gasteiger partial charge in [0.15, 0.2) is 17.5 Å². The van der Waals surface area contributed by atoms with Gasteiger partial charge in [0.05, 0.1) is 6.10 Å². The van der Waals surface area contributed by atoms with E-state index in [-0.39, 0.29) is 74.2 Å². The van der Waals surface area contributed by atoms with Crippen LogP contribution in [-0.4, -0.2) is 74.0 Å². The van der Waals surface area contributed by atoms with Gasteiger partial charge in [-0.15, -0.1) is 0 Å². The summed E-state index contributed by atoms with van der Waals surface area (Å²) in [6.45, 7) is 3.06. The lowest BCUT2D eigenvalue weighted by Gasteiger charge is -2.61. The van der Waals surface area contributed by atoms with Crippen molar-refractivity contribution in [1.29, 1.82) is 0 Å². The number of nitrogens with two attached hydrogens (primary N) is 1. The number of hydrogen-bond donors (Lipinski definition) is 4. The summed E-state index contributed by atoms with van der Waals surface area (Å²) in [5.41, 5.74) is 11.4. The summed E-state index contributed by atoms with van der Waals surface area (Å²) in [4.78, 5) is 36.2. The van der Waals surface area contributed by atoms with E-state index in [1.54, 1.807) is 6.92 Å². The summed E-state index contributed by atoms with van der Waals surface area (Å²) >= 11 is 0. The molecule has 454 valence electrons. The van der Waals surface area contributed by atoms with E-state index in [9.17, 15) is 15.0 Å². The topological polar surface area (TPSA) is 147 Å². The molecule has 2 aromatic rings. The summed E-state index contributed by atoms with van der Waals surface area (Å²) in [7, 11) is 4.37. The van der Waals surface area contributed by atoms with Gasteiger partial charge in [-0.05, 0) is 229 Å². The van der Waals surface area contributed by atoms with E-state index < -0.39 is 17.3 Å². The Morgan fingerprint density at radius 2 is 1.52 bits per heavy atom. The van der Waals surface area contributed by atoms with Crippen LogP contribution in [0.1, 0.15) is 240 Å². The van der Waals surface area contributed by atoms with Crippen molar-refractivity contribution in [2.45, 2.75) is 253 Å². The zero-order chi connectivity index (χ0) is 56.9. The third-order valence-corrected chi connectivity index (χ3v) is 31.9. The first-order chi connectivity index (χ1) is 40.8. The van der Waals surface area contributed by atoms with Gasteiger partial charge in [0, 0.05) is 84.9 Å². The van der Waals surface area contributed by atoms with Gasteiger partial charge >= 0.3 is 5.97 Å². The van der Waals surface area contributed by atoms with E-state index >= 15 is 4.79 Å². The molecule has 11 aliphatic carbocycles. The predicted octanol–water partition coefficient (Wildman–Crippen LogP) is 15.0. The number of allylic oxidation sites excluding steroid dienone is 1. The highest BCUT2D eigenvalue weighted by Gasteiger charge is 2.71. The third kappa shape index (κ3) is 8.26. The fourth-order valence-electron chi connectivity index (χ4n) is 25.3. The number of phenolic OH excluding ortho intramolecular Hbond substituents is 1. The number of benzene rings is 2. The molecule has 2 aromatic carbocycles. The molecular formula is C72H98N4O6S2. The lowest BCUT2D eigenvalue weighted by molar-refractivity contribution is -0.203. The van der Waals surface area contributed by atoms with Crippen molar-refractivity contribution in [2.24, 2.45) is 79.2 Å². The van der Waals surface area contributed by atoms with Crippen molar-refractivity contribution in [1.82, 2.24) is 10.2 Å². The van der Waals surface area contributed by atoms with Crippen LogP contribution in [-0.2, 0) is 27.3 Å². The SMILES string of the molecule is CC(=O)O[C@]12C[C@@H]3CC[C@@H]1Cc1cc(c(O)c4c1[C@@H]1C=C[C@]5(CCC[C@@H]5C1)O4)CN1C[C@]4(CC1=O)[C@@H](CC[C@H]4c1ccccc1)CN=C(N)N[C@]1(CCCC14CCCC4)SSC[C@H]1CC[C@@H](C[C@]14CCC1(CCCC1)C41CCCC1)[C@H]3[C@H](O)C2. The summed E-state index contributed by atoms with van der Waals surface area (Å²) in [6.07, 6.45) is 40.9. The van der Waals surface area contributed by atoms with E-state index in [2.05, 4.69) is 80.4 Å². The largest absolute Gasteiger partial charge is 0.504 e. The van der Waals surface area contributed by atoms with Gasteiger partial charge in [-0.2, -0.15) is 0 Å². The maximum absolute atomic E-state index is 15.1. The molecule has 15 atom stereocenters.